The Bertz CT molecular complexity index is 370. The van der Waals surface area contributed by atoms with Gasteiger partial charge in [0.25, 0.3) is 0 Å². The van der Waals surface area contributed by atoms with Gasteiger partial charge in [-0.25, -0.2) is 4.98 Å². The van der Waals surface area contributed by atoms with Crippen LogP contribution in [-0.4, -0.2) is 27.8 Å². The third kappa shape index (κ3) is 3.00. The highest BCUT2D eigenvalue weighted by Gasteiger charge is 2.29. The third-order valence-corrected chi connectivity index (χ3v) is 3.26. The molecule has 1 fully saturated rings. The van der Waals surface area contributed by atoms with Crippen molar-refractivity contribution in [2.75, 3.05) is 11.9 Å². The van der Waals surface area contributed by atoms with Crippen LogP contribution in [0.1, 0.15) is 46.6 Å². The molecule has 1 aromatic heterocycles. The molecule has 1 saturated heterocycles. The monoisotopic (exact) mass is 237 g/mol. The molecule has 0 bridgehead atoms. The molecule has 1 aliphatic rings. The van der Waals surface area contributed by atoms with E-state index in [1.165, 1.54) is 0 Å². The lowest BCUT2D eigenvalue weighted by atomic mass is 9.94. The molecule has 0 spiro atoms. The Kier molecular flexibility index (Phi) is 3.43. The average molecular weight is 237 g/mol. The summed E-state index contributed by atoms with van der Waals surface area (Å²) in [6.45, 7) is 9.46. The number of hydrogen-bond acceptors (Lipinski definition) is 3. The van der Waals surface area contributed by atoms with Crippen molar-refractivity contribution < 1.29 is 4.74 Å². The first kappa shape index (κ1) is 12.4. The van der Waals surface area contributed by atoms with Gasteiger partial charge >= 0.3 is 0 Å². The highest BCUT2D eigenvalue weighted by molar-refractivity contribution is 5.28. The molecule has 2 rings (SSSR count). The second-order valence-electron chi connectivity index (χ2n) is 5.69. The highest BCUT2D eigenvalue weighted by Crippen LogP contribution is 2.26. The zero-order valence-corrected chi connectivity index (χ0v) is 11.2. The summed E-state index contributed by atoms with van der Waals surface area (Å²) in [5, 5.41) is 3.54. The predicted octanol–water partition coefficient (Wildman–Crippen LogP) is 2.83. The van der Waals surface area contributed by atoms with Crippen molar-refractivity contribution >= 4 is 5.95 Å². The lowest BCUT2D eigenvalue weighted by molar-refractivity contribution is -0.0554. The van der Waals surface area contributed by atoms with E-state index in [4.69, 9.17) is 4.74 Å². The van der Waals surface area contributed by atoms with Crippen molar-refractivity contribution in [1.82, 2.24) is 9.55 Å². The van der Waals surface area contributed by atoms with Crippen LogP contribution in [0.4, 0.5) is 5.95 Å². The predicted molar refractivity (Wildman–Crippen MR) is 69.3 cm³/mol. The number of ether oxygens (including phenoxy) is 1. The second-order valence-corrected chi connectivity index (χ2v) is 5.69. The molecule has 96 valence electrons. The van der Waals surface area contributed by atoms with Gasteiger partial charge in [-0.15, -0.1) is 0 Å². The number of nitrogens with zero attached hydrogens (tertiary/aromatic N) is 2. The van der Waals surface area contributed by atoms with E-state index in [2.05, 4.69) is 42.6 Å². The third-order valence-electron chi connectivity index (χ3n) is 3.26. The fraction of sp³-hybridized carbons (Fsp3) is 0.769. The van der Waals surface area contributed by atoms with E-state index in [0.29, 0.717) is 12.1 Å². The summed E-state index contributed by atoms with van der Waals surface area (Å²) in [5.74, 6) is 0.975. The molecule has 0 aliphatic carbocycles. The van der Waals surface area contributed by atoms with E-state index >= 15 is 0 Å². The molecule has 2 heterocycles. The largest absolute Gasteiger partial charge is 0.375 e. The Morgan fingerprint density at radius 3 is 2.94 bits per heavy atom. The van der Waals surface area contributed by atoms with E-state index in [0.717, 1.165) is 25.4 Å². The molecule has 17 heavy (non-hydrogen) atoms. The van der Waals surface area contributed by atoms with Crippen LogP contribution < -0.4 is 5.32 Å². The second kappa shape index (κ2) is 4.69. The lowest BCUT2D eigenvalue weighted by Gasteiger charge is -2.36. The maximum atomic E-state index is 5.73. The summed E-state index contributed by atoms with van der Waals surface area (Å²) in [5.41, 5.74) is -0.0226. The van der Waals surface area contributed by atoms with Crippen LogP contribution >= 0.6 is 0 Å². The number of aromatic nitrogens is 2. The SMILES string of the molecule is CC(C)n1ccnc1NC1CCOC(C)(C)C1. The molecular formula is C13H23N3O. The first-order chi connectivity index (χ1) is 7.98. The van der Waals surface area contributed by atoms with Gasteiger partial charge in [0, 0.05) is 31.1 Å². The number of rotatable bonds is 3. The number of imidazole rings is 1. The first-order valence-corrected chi connectivity index (χ1v) is 6.41. The van der Waals surface area contributed by atoms with Crippen molar-refractivity contribution in [3.8, 4) is 0 Å². The summed E-state index contributed by atoms with van der Waals surface area (Å²) >= 11 is 0. The zero-order chi connectivity index (χ0) is 12.5. The molecule has 4 heteroatoms. The van der Waals surface area contributed by atoms with Crippen LogP contribution in [0.15, 0.2) is 12.4 Å². The van der Waals surface area contributed by atoms with Crippen LogP contribution in [0, 0.1) is 0 Å². The maximum Gasteiger partial charge on any atom is 0.203 e. The molecule has 0 aromatic carbocycles. The summed E-state index contributed by atoms with van der Waals surface area (Å²) in [7, 11) is 0. The van der Waals surface area contributed by atoms with Crippen LogP contribution in [0.25, 0.3) is 0 Å². The Hall–Kier alpha value is -1.03. The Morgan fingerprint density at radius 1 is 1.53 bits per heavy atom. The molecular weight excluding hydrogens is 214 g/mol. The van der Waals surface area contributed by atoms with Gasteiger partial charge in [0.2, 0.25) is 5.95 Å². The standard InChI is InChI=1S/C13H23N3O/c1-10(2)16-7-6-14-12(16)15-11-5-8-17-13(3,4)9-11/h6-7,10-11H,5,8-9H2,1-4H3,(H,14,15). The van der Waals surface area contributed by atoms with Crippen LogP contribution in [0.3, 0.4) is 0 Å². The summed E-state index contributed by atoms with van der Waals surface area (Å²) in [6.07, 6.45) is 5.95. The van der Waals surface area contributed by atoms with E-state index < -0.39 is 0 Å². The Morgan fingerprint density at radius 2 is 2.29 bits per heavy atom. The molecule has 4 nitrogen and oxygen atoms in total. The molecule has 0 saturated carbocycles. The van der Waals surface area contributed by atoms with Gasteiger partial charge in [0.1, 0.15) is 0 Å². The van der Waals surface area contributed by atoms with E-state index in [1.54, 1.807) is 0 Å². The molecule has 1 unspecified atom stereocenters. The quantitative estimate of drug-likeness (QED) is 0.878. The molecule has 1 aromatic rings. The highest BCUT2D eigenvalue weighted by atomic mass is 16.5. The van der Waals surface area contributed by atoms with Gasteiger partial charge < -0.3 is 14.6 Å². The molecule has 0 amide bonds. The van der Waals surface area contributed by atoms with Crippen molar-refractivity contribution in [3.63, 3.8) is 0 Å². The fourth-order valence-electron chi connectivity index (χ4n) is 2.38. The minimum absolute atomic E-state index is 0.0226. The average Bonchev–Trinajstić information content (AvgIpc) is 2.64. The van der Waals surface area contributed by atoms with Crippen LogP contribution in [-0.2, 0) is 4.74 Å². The summed E-state index contributed by atoms with van der Waals surface area (Å²) in [6, 6.07) is 0.895. The van der Waals surface area contributed by atoms with E-state index in [-0.39, 0.29) is 5.60 Å². The maximum absolute atomic E-state index is 5.73. The van der Waals surface area contributed by atoms with Gasteiger partial charge in [-0.2, -0.15) is 0 Å². The van der Waals surface area contributed by atoms with Crippen LogP contribution in [0.5, 0.6) is 0 Å². The first-order valence-electron chi connectivity index (χ1n) is 6.41. The Labute approximate surface area is 103 Å². The fourth-order valence-corrected chi connectivity index (χ4v) is 2.38. The minimum atomic E-state index is -0.0226. The minimum Gasteiger partial charge on any atom is -0.375 e. The van der Waals surface area contributed by atoms with Crippen LogP contribution in [0.2, 0.25) is 0 Å². The number of nitrogens with one attached hydrogen (secondary N) is 1. The van der Waals surface area contributed by atoms with E-state index in [1.807, 2.05) is 12.4 Å². The normalized spacial score (nSPS) is 23.9. The topological polar surface area (TPSA) is 39.1 Å². The van der Waals surface area contributed by atoms with Gasteiger partial charge in [-0.05, 0) is 40.5 Å². The number of anilines is 1. The molecule has 1 aliphatic heterocycles. The number of hydrogen-bond donors (Lipinski definition) is 1. The molecule has 1 atom stereocenters. The van der Waals surface area contributed by atoms with Crippen molar-refractivity contribution in [1.29, 1.82) is 0 Å². The van der Waals surface area contributed by atoms with E-state index in [9.17, 15) is 0 Å². The summed E-state index contributed by atoms with van der Waals surface area (Å²) in [4.78, 5) is 4.39. The van der Waals surface area contributed by atoms with Crippen molar-refractivity contribution in [2.45, 2.75) is 58.2 Å². The van der Waals surface area contributed by atoms with Crippen molar-refractivity contribution in [2.24, 2.45) is 0 Å². The van der Waals surface area contributed by atoms with Gasteiger partial charge in [0.15, 0.2) is 0 Å². The van der Waals surface area contributed by atoms with Gasteiger partial charge in [-0.3, -0.25) is 0 Å². The van der Waals surface area contributed by atoms with Gasteiger partial charge in [-0.1, -0.05) is 0 Å². The Balaban J connectivity index is 2.03. The lowest BCUT2D eigenvalue weighted by Crippen LogP contribution is -2.40. The van der Waals surface area contributed by atoms with Crippen molar-refractivity contribution in [3.05, 3.63) is 12.4 Å². The molecule has 1 N–H and O–H groups in total. The zero-order valence-electron chi connectivity index (χ0n) is 11.2. The molecule has 0 radical (unpaired) electrons. The van der Waals surface area contributed by atoms with Gasteiger partial charge in [0.05, 0.1) is 5.60 Å². The summed E-state index contributed by atoms with van der Waals surface area (Å²) < 4.78 is 7.89. The smallest absolute Gasteiger partial charge is 0.203 e.